The molecule has 2 aromatic rings. The van der Waals surface area contributed by atoms with Crippen molar-refractivity contribution >= 4 is 23.4 Å². The highest BCUT2D eigenvalue weighted by Gasteiger charge is 2.27. The number of Topliss-reactive ketones (excluding diaryl/α,β-unsaturated/α-hetero) is 2. The lowest BCUT2D eigenvalue weighted by atomic mass is 9.93. The summed E-state index contributed by atoms with van der Waals surface area (Å²) in [6.45, 7) is 0. The maximum absolute atomic E-state index is 12.6. The standard InChI is InChI=1S/C18H16N2O4/c1-19-17(23)13-10-6-9-12(14(13)18(24)20-2)16(22)15(21)11-7-4-3-5-8-11/h3-10H,1-2H3,(H,19,23)(H,20,24). The maximum Gasteiger partial charge on any atom is 0.252 e. The summed E-state index contributed by atoms with van der Waals surface area (Å²) >= 11 is 0. The first-order chi connectivity index (χ1) is 11.5. The number of hydrogen-bond acceptors (Lipinski definition) is 4. The van der Waals surface area contributed by atoms with Gasteiger partial charge in [0.05, 0.1) is 11.1 Å². The SMILES string of the molecule is CNC(=O)c1cccc(C(=O)C(=O)c2ccccc2)c1C(=O)NC. The van der Waals surface area contributed by atoms with Crippen molar-refractivity contribution in [1.29, 1.82) is 0 Å². The molecule has 0 bridgehead atoms. The molecular weight excluding hydrogens is 308 g/mol. The van der Waals surface area contributed by atoms with Crippen LogP contribution >= 0.6 is 0 Å². The minimum atomic E-state index is -0.842. The fourth-order valence-electron chi connectivity index (χ4n) is 2.28. The normalized spacial score (nSPS) is 9.92. The number of amides is 2. The van der Waals surface area contributed by atoms with Gasteiger partial charge in [0.2, 0.25) is 11.6 Å². The van der Waals surface area contributed by atoms with E-state index in [2.05, 4.69) is 10.6 Å². The van der Waals surface area contributed by atoms with Crippen molar-refractivity contribution in [2.75, 3.05) is 14.1 Å². The minimum Gasteiger partial charge on any atom is -0.355 e. The molecule has 0 heterocycles. The van der Waals surface area contributed by atoms with E-state index >= 15 is 0 Å². The molecule has 0 aliphatic heterocycles. The molecule has 24 heavy (non-hydrogen) atoms. The summed E-state index contributed by atoms with van der Waals surface area (Å²) in [6, 6.07) is 12.3. The van der Waals surface area contributed by atoms with Gasteiger partial charge in [-0.15, -0.1) is 0 Å². The summed E-state index contributed by atoms with van der Waals surface area (Å²) < 4.78 is 0. The third kappa shape index (κ3) is 3.22. The summed E-state index contributed by atoms with van der Waals surface area (Å²) in [5.74, 6) is -2.71. The van der Waals surface area contributed by atoms with Gasteiger partial charge in [0.25, 0.3) is 11.8 Å². The van der Waals surface area contributed by atoms with Crippen LogP contribution in [0.2, 0.25) is 0 Å². The van der Waals surface area contributed by atoms with Gasteiger partial charge in [-0.3, -0.25) is 19.2 Å². The van der Waals surface area contributed by atoms with Crippen LogP contribution in [-0.4, -0.2) is 37.5 Å². The Morgan fingerprint density at radius 1 is 0.667 bits per heavy atom. The lowest BCUT2D eigenvalue weighted by Crippen LogP contribution is -2.29. The third-order valence-corrected chi connectivity index (χ3v) is 3.48. The van der Waals surface area contributed by atoms with Gasteiger partial charge in [0.1, 0.15) is 0 Å². The molecule has 0 unspecified atom stereocenters. The summed E-state index contributed by atoms with van der Waals surface area (Å²) in [6.07, 6.45) is 0. The predicted octanol–water partition coefficient (Wildman–Crippen LogP) is 1.47. The summed E-state index contributed by atoms with van der Waals surface area (Å²) in [7, 11) is 2.80. The van der Waals surface area contributed by atoms with Crippen LogP contribution < -0.4 is 10.6 Å². The van der Waals surface area contributed by atoms with E-state index in [1.165, 1.54) is 44.4 Å². The zero-order chi connectivity index (χ0) is 17.7. The highest BCUT2D eigenvalue weighted by Crippen LogP contribution is 2.18. The average Bonchev–Trinajstić information content (AvgIpc) is 2.65. The molecule has 6 heteroatoms. The molecule has 2 N–H and O–H groups in total. The molecule has 122 valence electrons. The van der Waals surface area contributed by atoms with E-state index in [0.29, 0.717) is 0 Å². The van der Waals surface area contributed by atoms with Crippen molar-refractivity contribution in [3.8, 4) is 0 Å². The second-order valence-electron chi connectivity index (χ2n) is 4.91. The van der Waals surface area contributed by atoms with Gasteiger partial charge in [0.15, 0.2) is 0 Å². The Balaban J connectivity index is 2.57. The lowest BCUT2D eigenvalue weighted by Gasteiger charge is -2.12. The van der Waals surface area contributed by atoms with E-state index in [0.717, 1.165) is 0 Å². The molecule has 6 nitrogen and oxygen atoms in total. The lowest BCUT2D eigenvalue weighted by molar-refractivity contribution is 0.0813. The van der Waals surface area contributed by atoms with Crippen LogP contribution in [0.1, 0.15) is 41.4 Å². The van der Waals surface area contributed by atoms with Crippen molar-refractivity contribution in [2.24, 2.45) is 0 Å². The van der Waals surface area contributed by atoms with E-state index in [1.807, 2.05) is 0 Å². The summed E-state index contributed by atoms with van der Waals surface area (Å²) in [5.41, 5.74) is 0.0252. The maximum atomic E-state index is 12.6. The Labute approximate surface area is 138 Å². The molecule has 2 aromatic carbocycles. The van der Waals surface area contributed by atoms with E-state index < -0.39 is 23.4 Å². The summed E-state index contributed by atoms with van der Waals surface area (Å²) in [5, 5.41) is 4.80. The van der Waals surface area contributed by atoms with Crippen LogP contribution in [0.5, 0.6) is 0 Å². The van der Waals surface area contributed by atoms with E-state index in [1.54, 1.807) is 18.2 Å². The number of hydrogen-bond donors (Lipinski definition) is 2. The second kappa shape index (κ2) is 7.32. The zero-order valence-electron chi connectivity index (χ0n) is 13.3. The van der Waals surface area contributed by atoms with Crippen LogP contribution in [0.3, 0.4) is 0 Å². The highest BCUT2D eigenvalue weighted by molar-refractivity contribution is 6.50. The van der Waals surface area contributed by atoms with Crippen molar-refractivity contribution in [2.45, 2.75) is 0 Å². The molecule has 0 saturated heterocycles. The number of nitrogens with one attached hydrogen (secondary N) is 2. The van der Waals surface area contributed by atoms with Crippen molar-refractivity contribution in [3.63, 3.8) is 0 Å². The van der Waals surface area contributed by atoms with Crippen LogP contribution in [0.4, 0.5) is 0 Å². The van der Waals surface area contributed by atoms with E-state index in [9.17, 15) is 19.2 Å². The van der Waals surface area contributed by atoms with Crippen LogP contribution in [0.25, 0.3) is 0 Å². The molecule has 0 aromatic heterocycles. The first kappa shape index (κ1) is 17.1. The Morgan fingerprint density at radius 3 is 1.83 bits per heavy atom. The molecule has 0 spiro atoms. The molecule has 2 amide bonds. The number of ketones is 2. The highest BCUT2D eigenvalue weighted by atomic mass is 16.2. The van der Waals surface area contributed by atoms with E-state index in [-0.39, 0.29) is 22.3 Å². The van der Waals surface area contributed by atoms with Gasteiger partial charge < -0.3 is 10.6 Å². The number of benzene rings is 2. The molecule has 0 atom stereocenters. The fraction of sp³-hybridized carbons (Fsp3) is 0.111. The molecule has 2 rings (SSSR count). The Kier molecular flexibility index (Phi) is 5.21. The first-order valence-corrected chi connectivity index (χ1v) is 7.22. The largest absolute Gasteiger partial charge is 0.355 e. The summed E-state index contributed by atoms with van der Waals surface area (Å²) in [4.78, 5) is 49.1. The topological polar surface area (TPSA) is 92.3 Å². The van der Waals surface area contributed by atoms with Gasteiger partial charge in [-0.25, -0.2) is 0 Å². The predicted molar refractivity (Wildman–Crippen MR) is 88.3 cm³/mol. The monoisotopic (exact) mass is 324 g/mol. The van der Waals surface area contributed by atoms with Gasteiger partial charge >= 0.3 is 0 Å². The van der Waals surface area contributed by atoms with Gasteiger partial charge in [-0.1, -0.05) is 42.5 Å². The van der Waals surface area contributed by atoms with Crippen molar-refractivity contribution in [1.82, 2.24) is 10.6 Å². The quantitative estimate of drug-likeness (QED) is 0.643. The minimum absolute atomic E-state index is 0.0311. The molecular formula is C18H16N2O4. The van der Waals surface area contributed by atoms with E-state index in [4.69, 9.17) is 0 Å². The Bertz CT molecular complexity index is 813. The van der Waals surface area contributed by atoms with Gasteiger partial charge in [-0.2, -0.15) is 0 Å². The van der Waals surface area contributed by atoms with Crippen molar-refractivity contribution in [3.05, 3.63) is 70.8 Å². The van der Waals surface area contributed by atoms with Gasteiger partial charge in [0, 0.05) is 25.2 Å². The fourth-order valence-corrected chi connectivity index (χ4v) is 2.28. The molecule has 0 aliphatic carbocycles. The van der Waals surface area contributed by atoms with Gasteiger partial charge in [-0.05, 0) is 6.07 Å². The molecule has 0 saturated carbocycles. The smallest absolute Gasteiger partial charge is 0.252 e. The molecule has 0 fully saturated rings. The number of carbonyl (C=O) groups excluding carboxylic acids is 4. The zero-order valence-corrected chi connectivity index (χ0v) is 13.3. The Morgan fingerprint density at radius 2 is 1.25 bits per heavy atom. The Hall–Kier alpha value is -3.28. The number of carbonyl (C=O) groups is 4. The number of rotatable bonds is 5. The second-order valence-corrected chi connectivity index (χ2v) is 4.91. The molecule has 0 radical (unpaired) electrons. The van der Waals surface area contributed by atoms with Crippen molar-refractivity contribution < 1.29 is 19.2 Å². The molecule has 0 aliphatic rings. The van der Waals surface area contributed by atoms with Crippen LogP contribution in [-0.2, 0) is 0 Å². The average molecular weight is 324 g/mol. The van der Waals surface area contributed by atoms with Crippen LogP contribution in [0.15, 0.2) is 48.5 Å². The van der Waals surface area contributed by atoms with Crippen LogP contribution in [0, 0.1) is 0 Å². The third-order valence-electron chi connectivity index (χ3n) is 3.48. The first-order valence-electron chi connectivity index (χ1n) is 7.22.